The van der Waals surface area contributed by atoms with E-state index in [1.165, 1.54) is 25.7 Å². The molecule has 2 bridgehead atoms. The standard InChI is InChI=1S/C15H19NO/c17-15(12-4-2-1-3-5-12)16-10-14-9-11-6-7-13(14)8-11/h1-5,11,13-14H,6-10H2,(H,16,17). The molecule has 3 rings (SSSR count). The van der Waals surface area contributed by atoms with Gasteiger partial charge in [-0.05, 0) is 49.1 Å². The molecule has 3 unspecified atom stereocenters. The van der Waals surface area contributed by atoms with Gasteiger partial charge < -0.3 is 5.32 Å². The number of hydrogen-bond donors (Lipinski definition) is 1. The summed E-state index contributed by atoms with van der Waals surface area (Å²) in [4.78, 5) is 11.9. The van der Waals surface area contributed by atoms with Crippen LogP contribution in [0.1, 0.15) is 36.0 Å². The van der Waals surface area contributed by atoms with Crippen LogP contribution in [0.3, 0.4) is 0 Å². The Balaban J connectivity index is 1.53. The topological polar surface area (TPSA) is 29.1 Å². The summed E-state index contributed by atoms with van der Waals surface area (Å²) in [7, 11) is 0. The summed E-state index contributed by atoms with van der Waals surface area (Å²) in [6.45, 7) is 0.870. The van der Waals surface area contributed by atoms with E-state index in [0.29, 0.717) is 0 Å². The van der Waals surface area contributed by atoms with Crippen molar-refractivity contribution in [3.05, 3.63) is 35.9 Å². The number of carbonyl (C=O) groups excluding carboxylic acids is 1. The second-order valence-electron chi connectivity index (χ2n) is 5.51. The van der Waals surface area contributed by atoms with Gasteiger partial charge in [0, 0.05) is 12.1 Å². The van der Waals surface area contributed by atoms with Crippen molar-refractivity contribution in [2.24, 2.45) is 17.8 Å². The number of benzene rings is 1. The second-order valence-corrected chi connectivity index (χ2v) is 5.51. The van der Waals surface area contributed by atoms with E-state index in [-0.39, 0.29) is 5.91 Å². The van der Waals surface area contributed by atoms with Crippen molar-refractivity contribution in [3.8, 4) is 0 Å². The number of rotatable bonds is 3. The maximum absolute atomic E-state index is 11.9. The Morgan fingerprint density at radius 3 is 2.65 bits per heavy atom. The molecule has 0 spiro atoms. The van der Waals surface area contributed by atoms with Gasteiger partial charge in [0.1, 0.15) is 0 Å². The molecule has 2 aliphatic carbocycles. The van der Waals surface area contributed by atoms with Crippen molar-refractivity contribution in [2.45, 2.75) is 25.7 Å². The fourth-order valence-corrected chi connectivity index (χ4v) is 3.54. The molecular formula is C15H19NO. The average molecular weight is 229 g/mol. The molecule has 0 aliphatic heterocycles. The van der Waals surface area contributed by atoms with E-state index >= 15 is 0 Å². The van der Waals surface area contributed by atoms with Crippen LogP contribution >= 0.6 is 0 Å². The van der Waals surface area contributed by atoms with Crippen molar-refractivity contribution in [1.29, 1.82) is 0 Å². The average Bonchev–Trinajstić information content (AvgIpc) is 2.99. The highest BCUT2D eigenvalue weighted by Crippen LogP contribution is 2.47. The SMILES string of the molecule is O=C(NCC1CC2CCC1C2)c1ccccc1. The molecule has 0 radical (unpaired) electrons. The number of carbonyl (C=O) groups is 1. The molecule has 1 aromatic rings. The first kappa shape index (κ1) is 10.8. The Labute approximate surface area is 102 Å². The van der Waals surface area contributed by atoms with Crippen molar-refractivity contribution in [3.63, 3.8) is 0 Å². The molecule has 1 aromatic carbocycles. The lowest BCUT2D eigenvalue weighted by Gasteiger charge is -2.21. The van der Waals surface area contributed by atoms with Crippen LogP contribution in [-0.4, -0.2) is 12.5 Å². The summed E-state index contributed by atoms with van der Waals surface area (Å²) in [5.41, 5.74) is 0.774. The highest BCUT2D eigenvalue weighted by atomic mass is 16.1. The van der Waals surface area contributed by atoms with E-state index < -0.39 is 0 Å². The molecule has 1 amide bonds. The maximum Gasteiger partial charge on any atom is 0.251 e. The van der Waals surface area contributed by atoms with E-state index in [1.54, 1.807) is 0 Å². The highest BCUT2D eigenvalue weighted by Gasteiger charge is 2.39. The van der Waals surface area contributed by atoms with Crippen LogP contribution < -0.4 is 5.32 Å². The fraction of sp³-hybridized carbons (Fsp3) is 0.533. The van der Waals surface area contributed by atoms with Gasteiger partial charge >= 0.3 is 0 Å². The van der Waals surface area contributed by atoms with Crippen LogP contribution in [-0.2, 0) is 0 Å². The van der Waals surface area contributed by atoms with Crippen molar-refractivity contribution in [2.75, 3.05) is 6.54 Å². The lowest BCUT2D eigenvalue weighted by molar-refractivity contribution is 0.0942. The quantitative estimate of drug-likeness (QED) is 0.848. The smallest absolute Gasteiger partial charge is 0.251 e. The summed E-state index contributed by atoms with van der Waals surface area (Å²) >= 11 is 0. The predicted molar refractivity (Wildman–Crippen MR) is 67.7 cm³/mol. The maximum atomic E-state index is 11.9. The molecule has 2 nitrogen and oxygen atoms in total. The Kier molecular flexibility index (Phi) is 2.87. The summed E-state index contributed by atoms with van der Waals surface area (Å²) in [5, 5.41) is 3.09. The monoisotopic (exact) mass is 229 g/mol. The molecule has 2 aliphatic rings. The first-order valence-electron chi connectivity index (χ1n) is 6.66. The summed E-state index contributed by atoms with van der Waals surface area (Å²) < 4.78 is 0. The van der Waals surface area contributed by atoms with E-state index in [1.807, 2.05) is 30.3 Å². The van der Waals surface area contributed by atoms with Gasteiger partial charge in [0.15, 0.2) is 0 Å². The predicted octanol–water partition coefficient (Wildman–Crippen LogP) is 2.85. The Hall–Kier alpha value is -1.31. The lowest BCUT2D eigenvalue weighted by atomic mass is 9.89. The number of fused-ring (bicyclic) bond motifs is 2. The molecule has 2 saturated carbocycles. The Morgan fingerprint density at radius 2 is 2.00 bits per heavy atom. The van der Waals surface area contributed by atoms with Gasteiger partial charge in [-0.25, -0.2) is 0 Å². The van der Waals surface area contributed by atoms with E-state index in [2.05, 4.69) is 5.32 Å². The number of hydrogen-bond acceptors (Lipinski definition) is 1. The van der Waals surface area contributed by atoms with Crippen LogP contribution in [0.5, 0.6) is 0 Å². The Morgan fingerprint density at radius 1 is 1.18 bits per heavy atom. The molecule has 17 heavy (non-hydrogen) atoms. The number of amides is 1. The molecule has 90 valence electrons. The minimum atomic E-state index is 0.0772. The zero-order valence-corrected chi connectivity index (χ0v) is 10.1. The van der Waals surface area contributed by atoms with E-state index in [4.69, 9.17) is 0 Å². The van der Waals surface area contributed by atoms with Gasteiger partial charge in [-0.15, -0.1) is 0 Å². The second kappa shape index (κ2) is 4.52. The molecule has 2 fully saturated rings. The summed E-state index contributed by atoms with van der Waals surface area (Å²) in [6.07, 6.45) is 5.55. The molecule has 1 N–H and O–H groups in total. The van der Waals surface area contributed by atoms with Gasteiger partial charge in [0.05, 0.1) is 0 Å². The molecule has 0 heterocycles. The van der Waals surface area contributed by atoms with Gasteiger partial charge in [0.25, 0.3) is 5.91 Å². The van der Waals surface area contributed by atoms with Gasteiger partial charge in [-0.3, -0.25) is 4.79 Å². The van der Waals surface area contributed by atoms with Crippen molar-refractivity contribution < 1.29 is 4.79 Å². The third-order valence-corrected chi connectivity index (χ3v) is 4.45. The first-order chi connectivity index (χ1) is 8.33. The Bertz CT molecular complexity index is 401. The van der Waals surface area contributed by atoms with Crippen LogP contribution in [0.25, 0.3) is 0 Å². The number of nitrogens with one attached hydrogen (secondary N) is 1. The van der Waals surface area contributed by atoms with Crippen molar-refractivity contribution in [1.82, 2.24) is 5.32 Å². The van der Waals surface area contributed by atoms with E-state index in [9.17, 15) is 4.79 Å². The van der Waals surface area contributed by atoms with Gasteiger partial charge in [0.2, 0.25) is 0 Å². The largest absolute Gasteiger partial charge is 0.352 e. The summed E-state index contributed by atoms with van der Waals surface area (Å²) in [6, 6.07) is 9.50. The molecular weight excluding hydrogens is 210 g/mol. The first-order valence-corrected chi connectivity index (χ1v) is 6.66. The van der Waals surface area contributed by atoms with Crippen LogP contribution in [0, 0.1) is 17.8 Å². The zero-order chi connectivity index (χ0) is 11.7. The van der Waals surface area contributed by atoms with Crippen LogP contribution in [0.15, 0.2) is 30.3 Å². The van der Waals surface area contributed by atoms with E-state index in [0.717, 1.165) is 29.9 Å². The van der Waals surface area contributed by atoms with Crippen molar-refractivity contribution >= 4 is 5.91 Å². The summed E-state index contributed by atoms with van der Waals surface area (Å²) in [5.74, 6) is 2.66. The molecule has 2 heteroatoms. The van der Waals surface area contributed by atoms with Crippen LogP contribution in [0.4, 0.5) is 0 Å². The molecule has 0 saturated heterocycles. The third-order valence-electron chi connectivity index (χ3n) is 4.45. The van der Waals surface area contributed by atoms with Gasteiger partial charge in [-0.2, -0.15) is 0 Å². The van der Waals surface area contributed by atoms with Crippen LogP contribution in [0.2, 0.25) is 0 Å². The highest BCUT2D eigenvalue weighted by molar-refractivity contribution is 5.94. The third kappa shape index (κ3) is 2.21. The van der Waals surface area contributed by atoms with Gasteiger partial charge in [-0.1, -0.05) is 24.6 Å². The molecule has 3 atom stereocenters. The fourth-order valence-electron chi connectivity index (χ4n) is 3.54. The zero-order valence-electron chi connectivity index (χ0n) is 10.1. The minimum absolute atomic E-state index is 0.0772. The minimum Gasteiger partial charge on any atom is -0.352 e. The lowest BCUT2D eigenvalue weighted by Crippen LogP contribution is -2.31. The normalized spacial score (nSPS) is 30.5. The molecule has 0 aromatic heterocycles.